The Bertz CT molecular complexity index is 1190. The predicted molar refractivity (Wildman–Crippen MR) is 101 cm³/mol. The summed E-state index contributed by atoms with van der Waals surface area (Å²) in [5.74, 6) is 0.203. The second kappa shape index (κ2) is 6.19. The van der Waals surface area contributed by atoms with E-state index in [0.29, 0.717) is 35.9 Å². The van der Waals surface area contributed by atoms with E-state index in [2.05, 4.69) is 10.1 Å². The summed E-state index contributed by atoms with van der Waals surface area (Å²) in [6.45, 7) is 2.93. The van der Waals surface area contributed by atoms with Crippen LogP contribution in [0.25, 0.3) is 11.2 Å². The van der Waals surface area contributed by atoms with Gasteiger partial charge in [-0.1, -0.05) is 19.1 Å². The van der Waals surface area contributed by atoms with Gasteiger partial charge >= 0.3 is 5.69 Å². The first-order valence-corrected chi connectivity index (χ1v) is 8.69. The Kier molecular flexibility index (Phi) is 3.94. The van der Waals surface area contributed by atoms with Crippen molar-refractivity contribution >= 4 is 22.8 Å². The average molecular weight is 370 g/mol. The Morgan fingerprint density at radius 2 is 1.81 bits per heavy atom. The lowest BCUT2D eigenvalue weighted by molar-refractivity contribution is 0.627. The summed E-state index contributed by atoms with van der Waals surface area (Å²) in [5.41, 5.74) is 1.33. The molecule has 140 valence electrons. The van der Waals surface area contributed by atoms with Gasteiger partial charge in [0.2, 0.25) is 5.95 Å². The van der Waals surface area contributed by atoms with Crippen LogP contribution in [0.1, 0.15) is 18.9 Å². The van der Waals surface area contributed by atoms with Crippen LogP contribution in [-0.2, 0) is 20.6 Å². The molecule has 0 unspecified atom stereocenters. The molecular weight excluding hydrogens is 351 g/mol. The van der Waals surface area contributed by atoms with Gasteiger partial charge in [-0.2, -0.15) is 10.1 Å². The zero-order chi connectivity index (χ0) is 19.3. The van der Waals surface area contributed by atoms with Crippen LogP contribution in [0, 0.1) is 5.82 Å². The monoisotopic (exact) mass is 370 g/mol. The maximum absolute atomic E-state index is 13.3. The van der Waals surface area contributed by atoms with E-state index in [1.165, 1.54) is 23.7 Å². The molecule has 9 heteroatoms. The Hall–Kier alpha value is -3.23. The first-order chi connectivity index (χ1) is 12.9. The van der Waals surface area contributed by atoms with Gasteiger partial charge in [-0.25, -0.2) is 14.2 Å². The molecule has 8 nitrogen and oxygen atoms in total. The summed E-state index contributed by atoms with van der Waals surface area (Å²) in [6.07, 6.45) is 0.820. The minimum Gasteiger partial charge on any atom is -0.297 e. The Morgan fingerprint density at radius 3 is 2.48 bits per heavy atom. The maximum Gasteiger partial charge on any atom is 0.332 e. The van der Waals surface area contributed by atoms with E-state index in [4.69, 9.17) is 0 Å². The predicted octanol–water partition coefficient (Wildman–Crippen LogP) is 1.21. The summed E-state index contributed by atoms with van der Waals surface area (Å²) in [7, 11) is 3.04. The molecule has 3 heterocycles. The van der Waals surface area contributed by atoms with E-state index in [9.17, 15) is 14.0 Å². The highest BCUT2D eigenvalue weighted by atomic mass is 19.1. The van der Waals surface area contributed by atoms with Crippen molar-refractivity contribution in [3.63, 3.8) is 0 Å². The Balaban J connectivity index is 1.96. The summed E-state index contributed by atoms with van der Waals surface area (Å²) in [6, 6.07) is 6.09. The fourth-order valence-corrected chi connectivity index (χ4v) is 3.31. The van der Waals surface area contributed by atoms with Gasteiger partial charge in [0, 0.05) is 20.6 Å². The number of hydrogen-bond acceptors (Lipinski definition) is 5. The van der Waals surface area contributed by atoms with Crippen molar-refractivity contribution in [2.45, 2.75) is 19.9 Å². The molecule has 2 aromatic heterocycles. The molecule has 1 aliphatic rings. The molecule has 27 heavy (non-hydrogen) atoms. The largest absolute Gasteiger partial charge is 0.332 e. The summed E-state index contributed by atoms with van der Waals surface area (Å²) < 4.78 is 17.5. The zero-order valence-corrected chi connectivity index (χ0v) is 15.3. The van der Waals surface area contributed by atoms with E-state index in [1.807, 2.05) is 6.92 Å². The quantitative estimate of drug-likeness (QED) is 0.694. The van der Waals surface area contributed by atoms with Crippen LogP contribution in [0.4, 0.5) is 10.3 Å². The molecule has 0 saturated carbocycles. The van der Waals surface area contributed by atoms with E-state index in [0.717, 1.165) is 16.6 Å². The average Bonchev–Trinajstić information content (AvgIpc) is 3.05. The number of fused-ring (bicyclic) bond motifs is 3. The molecule has 4 rings (SSSR count). The topological polar surface area (TPSA) is 77.4 Å². The summed E-state index contributed by atoms with van der Waals surface area (Å²) in [4.78, 5) is 29.5. The number of rotatable bonds is 3. The van der Waals surface area contributed by atoms with E-state index in [1.54, 1.807) is 28.8 Å². The van der Waals surface area contributed by atoms with Crippen molar-refractivity contribution in [2.24, 2.45) is 19.2 Å². The number of benzene rings is 1. The van der Waals surface area contributed by atoms with E-state index >= 15 is 0 Å². The number of hydrogen-bond donors (Lipinski definition) is 0. The Morgan fingerprint density at radius 1 is 1.11 bits per heavy atom. The van der Waals surface area contributed by atoms with Crippen LogP contribution in [0.5, 0.6) is 0 Å². The van der Waals surface area contributed by atoms with Crippen molar-refractivity contribution < 1.29 is 4.39 Å². The van der Waals surface area contributed by atoms with Crippen LogP contribution in [-0.4, -0.2) is 30.9 Å². The number of aryl methyl sites for hydroxylation is 1. The third-order valence-corrected chi connectivity index (χ3v) is 4.72. The number of nitrogens with zero attached hydrogens (tertiary/aromatic N) is 6. The Labute approximate surface area is 153 Å². The molecule has 3 aromatic rings. The van der Waals surface area contributed by atoms with Crippen molar-refractivity contribution in [3.8, 4) is 0 Å². The van der Waals surface area contributed by atoms with Gasteiger partial charge in [-0.3, -0.25) is 18.5 Å². The molecule has 0 fully saturated rings. The van der Waals surface area contributed by atoms with Gasteiger partial charge < -0.3 is 0 Å². The van der Waals surface area contributed by atoms with Gasteiger partial charge in [0.1, 0.15) is 5.82 Å². The highest BCUT2D eigenvalue weighted by molar-refractivity contribution is 6.02. The molecule has 1 aromatic carbocycles. The van der Waals surface area contributed by atoms with Crippen molar-refractivity contribution in [2.75, 3.05) is 11.6 Å². The molecule has 0 atom stereocenters. The third kappa shape index (κ3) is 2.57. The molecule has 1 aliphatic heterocycles. The zero-order valence-electron chi connectivity index (χ0n) is 15.3. The minimum atomic E-state index is -0.426. The molecule has 0 spiro atoms. The van der Waals surface area contributed by atoms with Crippen LogP contribution >= 0.6 is 0 Å². The minimum absolute atomic E-state index is 0.311. The first-order valence-electron chi connectivity index (χ1n) is 8.69. The van der Waals surface area contributed by atoms with Crippen LogP contribution in [0.3, 0.4) is 0 Å². The number of imidazole rings is 1. The fourth-order valence-electron chi connectivity index (χ4n) is 3.31. The number of halogens is 1. The third-order valence-electron chi connectivity index (χ3n) is 4.72. The number of anilines is 1. The smallest absolute Gasteiger partial charge is 0.297 e. The van der Waals surface area contributed by atoms with Crippen LogP contribution < -0.4 is 16.3 Å². The van der Waals surface area contributed by atoms with Crippen LogP contribution in [0.15, 0.2) is 39.0 Å². The highest BCUT2D eigenvalue weighted by Gasteiger charge is 2.27. The lowest BCUT2D eigenvalue weighted by Crippen LogP contribution is -2.38. The normalized spacial score (nSPS) is 13.8. The summed E-state index contributed by atoms with van der Waals surface area (Å²) in [5, 5.41) is 6.39. The summed E-state index contributed by atoms with van der Waals surface area (Å²) >= 11 is 0. The number of hydrazone groups is 1. The number of aromatic nitrogens is 4. The fraction of sp³-hybridized carbons (Fsp3) is 0.333. The van der Waals surface area contributed by atoms with Crippen molar-refractivity contribution in [1.82, 2.24) is 18.7 Å². The molecule has 0 bridgehead atoms. The van der Waals surface area contributed by atoms with Crippen molar-refractivity contribution in [1.29, 1.82) is 0 Å². The first kappa shape index (κ1) is 17.2. The van der Waals surface area contributed by atoms with Crippen LogP contribution in [0.2, 0.25) is 0 Å². The van der Waals surface area contributed by atoms with Gasteiger partial charge in [-0.05, 0) is 24.1 Å². The SMILES string of the molecule is CCCN1N=C(c2ccc(F)cc2)Cn2c1nc1c2c(=O)n(C)c(=O)n1C. The molecule has 0 radical (unpaired) electrons. The highest BCUT2D eigenvalue weighted by Crippen LogP contribution is 2.25. The lowest BCUT2D eigenvalue weighted by Gasteiger charge is -2.25. The van der Waals surface area contributed by atoms with Gasteiger partial charge in [-0.15, -0.1) is 0 Å². The van der Waals surface area contributed by atoms with Gasteiger partial charge in [0.05, 0.1) is 12.3 Å². The maximum atomic E-state index is 13.3. The second-order valence-electron chi connectivity index (χ2n) is 6.55. The molecule has 0 saturated heterocycles. The second-order valence-corrected chi connectivity index (χ2v) is 6.55. The molecule has 0 aliphatic carbocycles. The van der Waals surface area contributed by atoms with E-state index < -0.39 is 11.2 Å². The van der Waals surface area contributed by atoms with Crippen molar-refractivity contribution in [3.05, 3.63) is 56.5 Å². The lowest BCUT2D eigenvalue weighted by atomic mass is 10.1. The van der Waals surface area contributed by atoms with E-state index in [-0.39, 0.29) is 5.82 Å². The molecule has 0 amide bonds. The molecular formula is C18H19FN6O2. The standard InChI is InChI=1S/C18H19FN6O2/c1-4-9-25-17-20-15-14(16(26)23(3)18(27)22(15)2)24(17)10-13(21-25)11-5-7-12(19)8-6-11/h5-8H,4,9-10H2,1-3H3. The van der Waals surface area contributed by atoms with Gasteiger partial charge in [0.25, 0.3) is 5.56 Å². The van der Waals surface area contributed by atoms with Gasteiger partial charge in [0.15, 0.2) is 11.2 Å². The molecule has 0 N–H and O–H groups in total.